The largest absolute Gasteiger partial charge is 0.321 e. The standard InChI is InChI=1S/C12H11BrN2O/c1-9(10-2-4-11(13)5-3-10)15-8-14-6-12(15)7-16/h2-9H,1H3. The smallest absolute Gasteiger partial charge is 0.168 e. The maximum atomic E-state index is 10.8. The van der Waals surface area contributed by atoms with E-state index in [1.807, 2.05) is 35.8 Å². The summed E-state index contributed by atoms with van der Waals surface area (Å²) in [6, 6.07) is 8.15. The molecule has 0 fully saturated rings. The Morgan fingerprint density at radius 3 is 2.69 bits per heavy atom. The number of carbonyl (C=O) groups excluding carboxylic acids is 1. The summed E-state index contributed by atoms with van der Waals surface area (Å²) < 4.78 is 2.90. The number of hydrogen-bond donors (Lipinski definition) is 0. The highest BCUT2D eigenvalue weighted by Gasteiger charge is 2.10. The van der Waals surface area contributed by atoms with Gasteiger partial charge in [0.2, 0.25) is 0 Å². The predicted octanol–water partition coefficient (Wildman–Crippen LogP) is 3.07. The van der Waals surface area contributed by atoms with Gasteiger partial charge in [-0.15, -0.1) is 0 Å². The zero-order valence-electron chi connectivity index (χ0n) is 8.80. The molecule has 0 N–H and O–H groups in total. The van der Waals surface area contributed by atoms with Crippen LogP contribution in [0, 0.1) is 0 Å². The SMILES string of the molecule is CC(c1ccc(Br)cc1)n1cncc1C=O. The average molecular weight is 279 g/mol. The molecule has 0 aliphatic carbocycles. The molecule has 1 atom stereocenters. The van der Waals surface area contributed by atoms with Crippen molar-refractivity contribution in [1.82, 2.24) is 9.55 Å². The molecule has 0 aliphatic heterocycles. The first-order valence-electron chi connectivity index (χ1n) is 4.95. The quantitative estimate of drug-likeness (QED) is 0.809. The van der Waals surface area contributed by atoms with Crippen LogP contribution < -0.4 is 0 Å². The van der Waals surface area contributed by atoms with Crippen molar-refractivity contribution in [2.24, 2.45) is 0 Å². The summed E-state index contributed by atoms with van der Waals surface area (Å²) in [5, 5.41) is 0. The van der Waals surface area contributed by atoms with Crippen molar-refractivity contribution < 1.29 is 4.79 Å². The van der Waals surface area contributed by atoms with E-state index in [2.05, 4.69) is 20.9 Å². The third kappa shape index (κ3) is 2.07. The minimum atomic E-state index is 0.107. The van der Waals surface area contributed by atoms with Crippen LogP contribution in [-0.2, 0) is 0 Å². The van der Waals surface area contributed by atoms with Gasteiger partial charge in [-0.3, -0.25) is 4.79 Å². The van der Waals surface area contributed by atoms with Gasteiger partial charge in [-0.1, -0.05) is 28.1 Å². The molecule has 0 bridgehead atoms. The van der Waals surface area contributed by atoms with E-state index in [0.29, 0.717) is 5.69 Å². The number of aldehydes is 1. The van der Waals surface area contributed by atoms with Crippen molar-refractivity contribution in [2.75, 3.05) is 0 Å². The highest BCUT2D eigenvalue weighted by atomic mass is 79.9. The van der Waals surface area contributed by atoms with Gasteiger partial charge in [-0.05, 0) is 24.6 Å². The van der Waals surface area contributed by atoms with Crippen LogP contribution in [0.5, 0.6) is 0 Å². The molecule has 2 aromatic rings. The first kappa shape index (κ1) is 11.1. The molecular weight excluding hydrogens is 268 g/mol. The maximum absolute atomic E-state index is 10.8. The Morgan fingerprint density at radius 2 is 2.06 bits per heavy atom. The molecule has 2 rings (SSSR count). The lowest BCUT2D eigenvalue weighted by molar-refractivity contribution is 0.111. The van der Waals surface area contributed by atoms with E-state index >= 15 is 0 Å². The number of imidazole rings is 1. The van der Waals surface area contributed by atoms with Gasteiger partial charge in [-0.25, -0.2) is 4.98 Å². The number of rotatable bonds is 3. The zero-order valence-corrected chi connectivity index (χ0v) is 10.4. The summed E-state index contributed by atoms with van der Waals surface area (Å²) in [5.41, 5.74) is 1.74. The van der Waals surface area contributed by atoms with Crippen LogP contribution >= 0.6 is 15.9 Å². The number of nitrogens with zero attached hydrogens (tertiary/aromatic N) is 2. The van der Waals surface area contributed by atoms with Crippen LogP contribution in [0.1, 0.15) is 29.0 Å². The minimum absolute atomic E-state index is 0.107. The second-order valence-electron chi connectivity index (χ2n) is 3.57. The van der Waals surface area contributed by atoms with Gasteiger partial charge >= 0.3 is 0 Å². The molecule has 1 unspecified atom stereocenters. The minimum Gasteiger partial charge on any atom is -0.321 e. The first-order chi connectivity index (χ1) is 7.72. The molecule has 0 saturated carbocycles. The number of halogens is 1. The fraction of sp³-hybridized carbons (Fsp3) is 0.167. The van der Waals surface area contributed by atoms with E-state index < -0.39 is 0 Å². The Hall–Kier alpha value is -1.42. The molecule has 0 radical (unpaired) electrons. The molecule has 1 aromatic carbocycles. The summed E-state index contributed by atoms with van der Waals surface area (Å²) in [5.74, 6) is 0. The lowest BCUT2D eigenvalue weighted by Gasteiger charge is -2.15. The normalized spacial score (nSPS) is 12.4. The molecule has 0 spiro atoms. The van der Waals surface area contributed by atoms with Gasteiger partial charge in [0.05, 0.1) is 18.6 Å². The van der Waals surface area contributed by atoms with Gasteiger partial charge in [0.25, 0.3) is 0 Å². The van der Waals surface area contributed by atoms with Crippen molar-refractivity contribution in [3.05, 3.63) is 52.5 Å². The Morgan fingerprint density at radius 1 is 1.38 bits per heavy atom. The summed E-state index contributed by atoms with van der Waals surface area (Å²) in [6.45, 7) is 2.04. The van der Waals surface area contributed by atoms with E-state index in [9.17, 15) is 4.79 Å². The molecule has 4 heteroatoms. The van der Waals surface area contributed by atoms with Crippen LogP contribution in [-0.4, -0.2) is 15.8 Å². The number of carbonyl (C=O) groups is 1. The van der Waals surface area contributed by atoms with E-state index in [0.717, 1.165) is 16.3 Å². The second-order valence-corrected chi connectivity index (χ2v) is 4.49. The van der Waals surface area contributed by atoms with Gasteiger partial charge < -0.3 is 4.57 Å². The van der Waals surface area contributed by atoms with Crippen molar-refractivity contribution in [2.45, 2.75) is 13.0 Å². The molecule has 1 aromatic heterocycles. The lowest BCUT2D eigenvalue weighted by Crippen LogP contribution is -2.08. The topological polar surface area (TPSA) is 34.9 Å². The van der Waals surface area contributed by atoms with Crippen LogP contribution in [0.2, 0.25) is 0 Å². The summed E-state index contributed by atoms with van der Waals surface area (Å²) >= 11 is 3.40. The van der Waals surface area contributed by atoms with Crippen LogP contribution in [0.15, 0.2) is 41.3 Å². The Kier molecular flexibility index (Phi) is 3.19. The molecule has 1 heterocycles. The summed E-state index contributed by atoms with van der Waals surface area (Å²) in [4.78, 5) is 14.8. The monoisotopic (exact) mass is 278 g/mol. The average Bonchev–Trinajstić information content (AvgIpc) is 2.77. The lowest BCUT2D eigenvalue weighted by atomic mass is 10.1. The Labute approximate surface area is 102 Å². The predicted molar refractivity (Wildman–Crippen MR) is 65.6 cm³/mol. The van der Waals surface area contributed by atoms with E-state index in [1.54, 1.807) is 12.5 Å². The summed E-state index contributed by atoms with van der Waals surface area (Å²) in [6.07, 6.45) is 4.07. The van der Waals surface area contributed by atoms with Gasteiger partial charge in [0.15, 0.2) is 6.29 Å². The van der Waals surface area contributed by atoms with Gasteiger partial charge in [0.1, 0.15) is 5.69 Å². The third-order valence-electron chi connectivity index (χ3n) is 2.59. The van der Waals surface area contributed by atoms with Gasteiger partial charge in [0, 0.05) is 4.47 Å². The Balaban J connectivity index is 2.35. The molecule has 0 saturated heterocycles. The fourth-order valence-corrected chi connectivity index (χ4v) is 1.90. The molecule has 0 amide bonds. The van der Waals surface area contributed by atoms with E-state index in [4.69, 9.17) is 0 Å². The molecule has 82 valence electrons. The number of benzene rings is 1. The van der Waals surface area contributed by atoms with Crippen LogP contribution in [0.25, 0.3) is 0 Å². The van der Waals surface area contributed by atoms with Crippen molar-refractivity contribution in [1.29, 1.82) is 0 Å². The summed E-state index contributed by atoms with van der Waals surface area (Å²) in [7, 11) is 0. The van der Waals surface area contributed by atoms with Crippen molar-refractivity contribution in [3.63, 3.8) is 0 Å². The maximum Gasteiger partial charge on any atom is 0.168 e. The third-order valence-corrected chi connectivity index (χ3v) is 3.12. The van der Waals surface area contributed by atoms with E-state index in [-0.39, 0.29) is 6.04 Å². The molecule has 16 heavy (non-hydrogen) atoms. The molecular formula is C12H11BrN2O. The Bertz CT molecular complexity index is 490. The number of aromatic nitrogens is 2. The highest BCUT2D eigenvalue weighted by Crippen LogP contribution is 2.21. The van der Waals surface area contributed by atoms with E-state index in [1.165, 1.54) is 0 Å². The molecule has 3 nitrogen and oxygen atoms in total. The highest BCUT2D eigenvalue weighted by molar-refractivity contribution is 9.10. The van der Waals surface area contributed by atoms with Crippen LogP contribution in [0.3, 0.4) is 0 Å². The number of hydrogen-bond acceptors (Lipinski definition) is 2. The second kappa shape index (κ2) is 4.61. The molecule has 0 aliphatic rings. The van der Waals surface area contributed by atoms with Crippen molar-refractivity contribution in [3.8, 4) is 0 Å². The zero-order chi connectivity index (χ0) is 11.5. The van der Waals surface area contributed by atoms with Gasteiger partial charge in [-0.2, -0.15) is 0 Å². The van der Waals surface area contributed by atoms with Crippen LogP contribution in [0.4, 0.5) is 0 Å². The first-order valence-corrected chi connectivity index (χ1v) is 5.74. The fourth-order valence-electron chi connectivity index (χ4n) is 1.63. The van der Waals surface area contributed by atoms with Crippen molar-refractivity contribution >= 4 is 22.2 Å².